The predicted molar refractivity (Wildman–Crippen MR) is 77.8 cm³/mol. The van der Waals surface area contributed by atoms with Crippen molar-refractivity contribution in [1.82, 2.24) is 14.5 Å². The molecule has 0 radical (unpaired) electrons. The quantitative estimate of drug-likeness (QED) is 0.677. The lowest BCUT2D eigenvalue weighted by Crippen LogP contribution is -2.00. The van der Waals surface area contributed by atoms with Crippen molar-refractivity contribution in [2.45, 2.75) is 19.4 Å². The van der Waals surface area contributed by atoms with Gasteiger partial charge in [0.1, 0.15) is 5.82 Å². The monoisotopic (exact) mass is 262 g/mol. The number of nitrogens with zero attached hydrogens (tertiary/aromatic N) is 4. The minimum Gasteiger partial charge on any atom is -0.324 e. The Hall–Kier alpha value is -2.67. The second-order valence-corrected chi connectivity index (χ2v) is 4.58. The summed E-state index contributed by atoms with van der Waals surface area (Å²) in [6.45, 7) is 0.790. The Balaban J connectivity index is 2.10. The van der Waals surface area contributed by atoms with E-state index in [1.165, 1.54) is 0 Å². The van der Waals surface area contributed by atoms with Crippen molar-refractivity contribution in [1.29, 1.82) is 5.26 Å². The molecule has 0 saturated carbocycles. The van der Waals surface area contributed by atoms with E-state index in [2.05, 4.69) is 21.7 Å². The third-order valence-corrected chi connectivity index (χ3v) is 3.24. The summed E-state index contributed by atoms with van der Waals surface area (Å²) in [7, 11) is 0. The zero-order valence-corrected chi connectivity index (χ0v) is 11.0. The highest BCUT2D eigenvalue weighted by molar-refractivity contribution is 5.80. The van der Waals surface area contributed by atoms with Crippen LogP contribution in [0.5, 0.6) is 0 Å². The summed E-state index contributed by atoms with van der Waals surface area (Å²) in [5, 5.41) is 8.71. The molecule has 0 bridgehead atoms. The van der Waals surface area contributed by atoms with E-state index in [0.29, 0.717) is 6.42 Å². The summed E-state index contributed by atoms with van der Waals surface area (Å²) in [5.74, 6) is 0.914. The number of nitriles is 1. The third-order valence-electron chi connectivity index (χ3n) is 3.24. The molecule has 0 fully saturated rings. The topological polar surface area (TPSA) is 54.5 Å². The highest BCUT2D eigenvalue weighted by Gasteiger charge is 2.11. The van der Waals surface area contributed by atoms with Crippen molar-refractivity contribution in [3.8, 4) is 17.5 Å². The first-order valence-corrected chi connectivity index (χ1v) is 6.63. The van der Waals surface area contributed by atoms with Crippen molar-refractivity contribution >= 4 is 11.0 Å². The van der Waals surface area contributed by atoms with Gasteiger partial charge in [-0.15, -0.1) is 0 Å². The van der Waals surface area contributed by atoms with Crippen LogP contribution in [-0.2, 0) is 6.54 Å². The maximum absolute atomic E-state index is 8.71. The van der Waals surface area contributed by atoms with Crippen molar-refractivity contribution in [3.05, 3.63) is 48.8 Å². The second-order valence-electron chi connectivity index (χ2n) is 4.58. The maximum Gasteiger partial charge on any atom is 0.142 e. The van der Waals surface area contributed by atoms with Gasteiger partial charge in [0, 0.05) is 30.9 Å². The van der Waals surface area contributed by atoms with E-state index in [4.69, 9.17) is 10.2 Å². The number of imidazole rings is 1. The van der Waals surface area contributed by atoms with Gasteiger partial charge < -0.3 is 4.57 Å². The summed E-state index contributed by atoms with van der Waals surface area (Å²) >= 11 is 0. The van der Waals surface area contributed by atoms with E-state index >= 15 is 0 Å². The number of para-hydroxylation sites is 2. The predicted octanol–water partition coefficient (Wildman–Crippen LogP) is 3.40. The molecular weight excluding hydrogens is 248 g/mol. The Morgan fingerprint density at radius 3 is 2.85 bits per heavy atom. The summed E-state index contributed by atoms with van der Waals surface area (Å²) in [5.41, 5.74) is 3.08. The number of aromatic nitrogens is 3. The van der Waals surface area contributed by atoms with Crippen molar-refractivity contribution in [3.63, 3.8) is 0 Å². The van der Waals surface area contributed by atoms with Gasteiger partial charge in [-0.05, 0) is 30.7 Å². The van der Waals surface area contributed by atoms with E-state index in [1.807, 2.05) is 36.5 Å². The molecule has 20 heavy (non-hydrogen) atoms. The summed E-state index contributed by atoms with van der Waals surface area (Å²) < 4.78 is 2.17. The van der Waals surface area contributed by atoms with Crippen LogP contribution >= 0.6 is 0 Å². The molecule has 0 spiro atoms. The molecule has 0 saturated heterocycles. The van der Waals surface area contributed by atoms with Crippen LogP contribution in [0.4, 0.5) is 0 Å². The number of fused-ring (bicyclic) bond motifs is 1. The number of rotatable bonds is 4. The molecule has 2 aromatic heterocycles. The first-order chi connectivity index (χ1) is 9.90. The van der Waals surface area contributed by atoms with Crippen LogP contribution in [0.1, 0.15) is 12.8 Å². The Morgan fingerprint density at radius 1 is 1.15 bits per heavy atom. The highest BCUT2D eigenvalue weighted by Crippen LogP contribution is 2.24. The molecule has 0 unspecified atom stereocenters. The normalized spacial score (nSPS) is 10.6. The number of pyridine rings is 1. The lowest BCUT2D eigenvalue weighted by Gasteiger charge is -2.07. The smallest absolute Gasteiger partial charge is 0.142 e. The lowest BCUT2D eigenvalue weighted by atomic mass is 10.2. The van der Waals surface area contributed by atoms with Gasteiger partial charge in [-0.3, -0.25) is 4.98 Å². The van der Waals surface area contributed by atoms with Gasteiger partial charge in [0.15, 0.2) is 0 Å². The Kier molecular flexibility index (Phi) is 3.42. The molecule has 0 aliphatic carbocycles. The molecule has 0 amide bonds. The molecule has 0 N–H and O–H groups in total. The van der Waals surface area contributed by atoms with Gasteiger partial charge in [0.2, 0.25) is 0 Å². The number of hydrogen-bond acceptors (Lipinski definition) is 3. The molecule has 2 heterocycles. The molecule has 4 heteroatoms. The fourth-order valence-electron chi connectivity index (χ4n) is 2.33. The standard InChI is InChI=1S/C16H14N4/c17-9-3-4-11-20-15-8-2-1-7-14(15)19-16(20)13-6-5-10-18-12-13/h1-2,5-8,10,12H,3-4,11H2. The molecule has 0 atom stereocenters. The van der Waals surface area contributed by atoms with Gasteiger partial charge in [-0.1, -0.05) is 12.1 Å². The van der Waals surface area contributed by atoms with E-state index in [0.717, 1.165) is 35.4 Å². The third kappa shape index (κ3) is 2.26. The fourth-order valence-corrected chi connectivity index (χ4v) is 2.33. The first kappa shape index (κ1) is 12.4. The van der Waals surface area contributed by atoms with Crippen LogP contribution in [0.15, 0.2) is 48.8 Å². The number of aryl methyl sites for hydroxylation is 1. The molecular formula is C16H14N4. The average Bonchev–Trinajstić information content (AvgIpc) is 2.87. The van der Waals surface area contributed by atoms with E-state index in [1.54, 1.807) is 6.20 Å². The van der Waals surface area contributed by atoms with Crippen LogP contribution in [0.2, 0.25) is 0 Å². The van der Waals surface area contributed by atoms with E-state index < -0.39 is 0 Å². The van der Waals surface area contributed by atoms with Crippen LogP contribution < -0.4 is 0 Å². The Bertz CT molecular complexity index is 753. The highest BCUT2D eigenvalue weighted by atomic mass is 15.1. The minimum atomic E-state index is 0.555. The zero-order valence-electron chi connectivity index (χ0n) is 11.0. The van der Waals surface area contributed by atoms with Crippen LogP contribution in [0.25, 0.3) is 22.4 Å². The largest absolute Gasteiger partial charge is 0.324 e. The van der Waals surface area contributed by atoms with Gasteiger partial charge in [-0.2, -0.15) is 5.26 Å². The van der Waals surface area contributed by atoms with Gasteiger partial charge in [-0.25, -0.2) is 4.98 Å². The van der Waals surface area contributed by atoms with Crippen LogP contribution in [0.3, 0.4) is 0 Å². The lowest BCUT2D eigenvalue weighted by molar-refractivity contribution is 0.675. The van der Waals surface area contributed by atoms with Crippen molar-refractivity contribution < 1.29 is 0 Å². The molecule has 98 valence electrons. The summed E-state index contributed by atoms with van der Waals surface area (Å²) in [6, 6.07) is 14.2. The zero-order chi connectivity index (χ0) is 13.8. The molecule has 3 aromatic rings. The first-order valence-electron chi connectivity index (χ1n) is 6.63. The molecule has 4 nitrogen and oxygen atoms in total. The molecule has 1 aromatic carbocycles. The summed E-state index contributed by atoms with van der Waals surface area (Å²) in [4.78, 5) is 8.86. The SMILES string of the molecule is N#CCCCn1c(-c2cccnc2)nc2ccccc21. The minimum absolute atomic E-state index is 0.555. The number of benzene rings is 1. The van der Waals surface area contributed by atoms with Crippen LogP contribution in [-0.4, -0.2) is 14.5 Å². The van der Waals surface area contributed by atoms with Gasteiger partial charge in [0.05, 0.1) is 17.1 Å². The van der Waals surface area contributed by atoms with E-state index in [9.17, 15) is 0 Å². The Morgan fingerprint density at radius 2 is 2.05 bits per heavy atom. The van der Waals surface area contributed by atoms with Crippen molar-refractivity contribution in [2.24, 2.45) is 0 Å². The fraction of sp³-hybridized carbons (Fsp3) is 0.188. The van der Waals surface area contributed by atoms with Crippen molar-refractivity contribution in [2.75, 3.05) is 0 Å². The summed E-state index contributed by atoms with van der Waals surface area (Å²) in [6.07, 6.45) is 4.96. The Labute approximate surface area is 117 Å². The maximum atomic E-state index is 8.71. The van der Waals surface area contributed by atoms with Crippen LogP contribution in [0, 0.1) is 11.3 Å². The average molecular weight is 262 g/mol. The molecule has 0 aliphatic rings. The van der Waals surface area contributed by atoms with Gasteiger partial charge >= 0.3 is 0 Å². The second kappa shape index (κ2) is 5.54. The number of unbranched alkanes of at least 4 members (excludes halogenated alkanes) is 1. The number of hydrogen-bond donors (Lipinski definition) is 0. The molecule has 3 rings (SSSR count). The molecule has 0 aliphatic heterocycles. The van der Waals surface area contributed by atoms with E-state index in [-0.39, 0.29) is 0 Å². The van der Waals surface area contributed by atoms with Gasteiger partial charge in [0.25, 0.3) is 0 Å².